The highest BCUT2D eigenvalue weighted by molar-refractivity contribution is 7.80. The van der Waals surface area contributed by atoms with Gasteiger partial charge in [0.05, 0.1) is 11.0 Å². The lowest BCUT2D eigenvalue weighted by molar-refractivity contribution is -0.141. The number of carbonyl (C=O) groups excluding carboxylic acids is 1. The summed E-state index contributed by atoms with van der Waals surface area (Å²) in [7, 11) is 3.18. The molecular weight excluding hydrogens is 248 g/mol. The van der Waals surface area contributed by atoms with Crippen molar-refractivity contribution in [3.8, 4) is 0 Å². The van der Waals surface area contributed by atoms with Crippen molar-refractivity contribution in [2.45, 2.75) is 19.1 Å². The van der Waals surface area contributed by atoms with Crippen LogP contribution < -0.4 is 5.73 Å². The Hall–Kier alpha value is -1.46. The third-order valence-corrected chi connectivity index (χ3v) is 3.24. The average Bonchev–Trinajstić information content (AvgIpc) is 2.38. The fraction of sp³-hybridized carbons (Fsp3) is 0.385. The van der Waals surface area contributed by atoms with Crippen LogP contribution in [-0.4, -0.2) is 36.0 Å². The summed E-state index contributed by atoms with van der Waals surface area (Å²) in [5, 5.41) is 0. The van der Waals surface area contributed by atoms with Crippen molar-refractivity contribution in [3.63, 3.8) is 0 Å². The second kappa shape index (κ2) is 6.47. The van der Waals surface area contributed by atoms with Crippen molar-refractivity contribution in [2.24, 2.45) is 5.73 Å². The van der Waals surface area contributed by atoms with Gasteiger partial charge in [-0.2, -0.15) is 0 Å². The van der Waals surface area contributed by atoms with Gasteiger partial charge in [-0.15, -0.1) is 0 Å². The van der Waals surface area contributed by atoms with E-state index in [-0.39, 0.29) is 16.9 Å². The Morgan fingerprint density at radius 2 is 1.94 bits per heavy atom. The van der Waals surface area contributed by atoms with Crippen LogP contribution in [-0.2, 0) is 9.53 Å². The van der Waals surface area contributed by atoms with E-state index < -0.39 is 6.10 Å². The lowest BCUT2D eigenvalue weighted by atomic mass is 10.1. The summed E-state index contributed by atoms with van der Waals surface area (Å²) in [4.78, 5) is 14.1. The van der Waals surface area contributed by atoms with Crippen LogP contribution in [0.15, 0.2) is 30.3 Å². The molecule has 0 radical (unpaired) electrons. The monoisotopic (exact) mass is 266 g/mol. The third kappa shape index (κ3) is 3.27. The molecule has 1 aromatic rings. The molecule has 1 rings (SSSR count). The smallest absolute Gasteiger partial charge is 0.256 e. The maximum absolute atomic E-state index is 12.3. The van der Waals surface area contributed by atoms with Crippen molar-refractivity contribution >= 4 is 23.1 Å². The van der Waals surface area contributed by atoms with E-state index in [0.717, 1.165) is 5.56 Å². The van der Waals surface area contributed by atoms with Crippen LogP contribution in [0.4, 0.5) is 0 Å². The molecule has 1 aromatic carbocycles. The zero-order valence-electron chi connectivity index (χ0n) is 10.8. The first-order valence-corrected chi connectivity index (χ1v) is 6.03. The first-order chi connectivity index (χ1) is 8.49. The van der Waals surface area contributed by atoms with E-state index in [1.807, 2.05) is 30.3 Å². The number of benzene rings is 1. The molecule has 0 aromatic heterocycles. The maximum atomic E-state index is 12.3. The van der Waals surface area contributed by atoms with E-state index in [1.165, 1.54) is 12.0 Å². The summed E-state index contributed by atoms with van der Waals surface area (Å²) in [6, 6.07) is 9.03. The van der Waals surface area contributed by atoms with Crippen LogP contribution in [0, 0.1) is 0 Å². The summed E-state index contributed by atoms with van der Waals surface area (Å²) in [6.45, 7) is 1.79. The molecule has 2 atom stereocenters. The van der Waals surface area contributed by atoms with Gasteiger partial charge < -0.3 is 15.4 Å². The molecule has 4 nitrogen and oxygen atoms in total. The van der Waals surface area contributed by atoms with Crippen LogP contribution >= 0.6 is 12.2 Å². The highest BCUT2D eigenvalue weighted by Gasteiger charge is 2.27. The van der Waals surface area contributed by atoms with E-state index in [1.54, 1.807) is 14.0 Å². The average molecular weight is 266 g/mol. The van der Waals surface area contributed by atoms with Gasteiger partial charge in [-0.3, -0.25) is 4.79 Å². The fourth-order valence-corrected chi connectivity index (χ4v) is 1.73. The quantitative estimate of drug-likeness (QED) is 0.821. The Labute approximate surface area is 113 Å². The number of thiocarbonyl (C=S) groups is 1. The molecular formula is C13H18N2O2S. The molecule has 0 heterocycles. The minimum absolute atomic E-state index is 0.163. The molecule has 0 bridgehead atoms. The Kier molecular flexibility index (Phi) is 5.25. The summed E-state index contributed by atoms with van der Waals surface area (Å²) in [5.74, 6) is -0.163. The van der Waals surface area contributed by atoms with Gasteiger partial charge in [0.2, 0.25) is 0 Å². The molecule has 2 N–H and O–H groups in total. The first-order valence-electron chi connectivity index (χ1n) is 5.62. The molecule has 18 heavy (non-hydrogen) atoms. The van der Waals surface area contributed by atoms with Crippen molar-refractivity contribution in [2.75, 3.05) is 14.2 Å². The zero-order chi connectivity index (χ0) is 13.7. The van der Waals surface area contributed by atoms with Crippen LogP contribution in [0.5, 0.6) is 0 Å². The summed E-state index contributed by atoms with van der Waals surface area (Å²) in [5.41, 5.74) is 6.36. The van der Waals surface area contributed by atoms with Gasteiger partial charge in [0.25, 0.3) is 5.91 Å². The van der Waals surface area contributed by atoms with E-state index in [0.29, 0.717) is 0 Å². The minimum Gasteiger partial charge on any atom is -0.392 e. The number of amides is 1. The Balaban J connectivity index is 2.90. The molecule has 1 amide bonds. The fourth-order valence-electron chi connectivity index (χ4n) is 1.57. The normalized spacial score (nSPS) is 13.7. The molecule has 0 spiro atoms. The summed E-state index contributed by atoms with van der Waals surface area (Å²) < 4.78 is 5.27. The minimum atomic E-state index is -0.631. The largest absolute Gasteiger partial charge is 0.392 e. The third-order valence-electron chi connectivity index (χ3n) is 2.90. The maximum Gasteiger partial charge on any atom is 0.256 e. The lowest BCUT2D eigenvalue weighted by Gasteiger charge is -2.27. The Bertz CT molecular complexity index is 422. The number of nitrogens with zero attached hydrogens (tertiary/aromatic N) is 1. The van der Waals surface area contributed by atoms with Crippen LogP contribution in [0.2, 0.25) is 0 Å². The van der Waals surface area contributed by atoms with E-state index in [9.17, 15) is 4.79 Å². The molecule has 0 saturated heterocycles. The number of ether oxygens (including phenoxy) is 1. The molecule has 0 aliphatic carbocycles. The lowest BCUT2D eigenvalue weighted by Crippen LogP contribution is -2.45. The first kappa shape index (κ1) is 14.6. The molecule has 5 heteroatoms. The van der Waals surface area contributed by atoms with Crippen LogP contribution in [0.3, 0.4) is 0 Å². The van der Waals surface area contributed by atoms with Crippen LogP contribution in [0.1, 0.15) is 18.6 Å². The second-order valence-electron chi connectivity index (χ2n) is 4.05. The van der Waals surface area contributed by atoms with Crippen molar-refractivity contribution in [1.82, 2.24) is 4.90 Å². The van der Waals surface area contributed by atoms with Crippen molar-refractivity contribution in [3.05, 3.63) is 35.9 Å². The van der Waals surface area contributed by atoms with Gasteiger partial charge in [0, 0.05) is 14.2 Å². The molecule has 0 fully saturated rings. The topological polar surface area (TPSA) is 55.6 Å². The Morgan fingerprint density at radius 3 is 2.39 bits per heavy atom. The number of nitrogens with two attached hydrogens (primary N) is 1. The Morgan fingerprint density at radius 1 is 1.39 bits per heavy atom. The predicted octanol–water partition coefficient (Wildman–Crippen LogP) is 1.51. The van der Waals surface area contributed by atoms with Gasteiger partial charge in [0.15, 0.2) is 6.10 Å². The molecule has 0 aliphatic heterocycles. The highest BCUT2D eigenvalue weighted by Crippen LogP contribution is 2.19. The number of rotatable bonds is 5. The van der Waals surface area contributed by atoms with E-state index >= 15 is 0 Å². The zero-order valence-corrected chi connectivity index (χ0v) is 11.6. The van der Waals surface area contributed by atoms with E-state index in [2.05, 4.69) is 0 Å². The summed E-state index contributed by atoms with van der Waals surface area (Å²) in [6.07, 6.45) is -0.631. The number of hydrogen-bond acceptors (Lipinski definition) is 3. The van der Waals surface area contributed by atoms with E-state index in [4.69, 9.17) is 22.7 Å². The highest BCUT2D eigenvalue weighted by atomic mass is 32.1. The van der Waals surface area contributed by atoms with Gasteiger partial charge in [-0.25, -0.2) is 0 Å². The number of hydrogen-bond donors (Lipinski definition) is 1. The molecule has 0 saturated carbocycles. The number of carbonyl (C=O) groups is 1. The van der Waals surface area contributed by atoms with Crippen molar-refractivity contribution in [1.29, 1.82) is 0 Å². The predicted molar refractivity (Wildman–Crippen MR) is 75.2 cm³/mol. The number of likely N-dealkylation sites (N-methyl/N-ethyl adjacent to an activating group) is 1. The second-order valence-corrected chi connectivity index (χ2v) is 4.53. The van der Waals surface area contributed by atoms with Crippen molar-refractivity contribution < 1.29 is 9.53 Å². The van der Waals surface area contributed by atoms with Gasteiger partial charge >= 0.3 is 0 Å². The van der Waals surface area contributed by atoms with Gasteiger partial charge in [0.1, 0.15) is 0 Å². The molecule has 2 unspecified atom stereocenters. The molecule has 98 valence electrons. The van der Waals surface area contributed by atoms with Crippen LogP contribution in [0.25, 0.3) is 0 Å². The number of methoxy groups -OCH3 is 1. The SMILES string of the molecule is COC(C(=O)N(C)C(C)C(N)=S)c1ccccc1. The molecule has 0 aliphatic rings. The summed E-state index contributed by atoms with van der Waals surface area (Å²) >= 11 is 4.90. The van der Waals surface area contributed by atoms with Gasteiger partial charge in [-0.05, 0) is 12.5 Å². The van der Waals surface area contributed by atoms with Gasteiger partial charge in [-0.1, -0.05) is 42.5 Å². The standard InChI is InChI=1S/C13H18N2O2S/c1-9(12(14)18)15(2)13(16)11(17-3)10-7-5-4-6-8-10/h4-9,11H,1-3H3,(H2,14,18).